The fourth-order valence-electron chi connectivity index (χ4n) is 0.817. The van der Waals surface area contributed by atoms with E-state index in [1.54, 1.807) is 18.5 Å². The molecule has 0 bridgehead atoms. The molecule has 16 heavy (non-hydrogen) atoms. The van der Waals surface area contributed by atoms with Crippen LogP contribution in [0, 0.1) is 0 Å². The summed E-state index contributed by atoms with van der Waals surface area (Å²) in [4.78, 5) is 3.92. The lowest BCUT2D eigenvalue weighted by molar-refractivity contribution is 1.29. The zero-order valence-corrected chi connectivity index (χ0v) is 10.3. The molecule has 0 radical (unpaired) electrons. The van der Waals surface area contributed by atoms with E-state index in [2.05, 4.69) is 17.3 Å². The highest BCUT2D eigenvalue weighted by Crippen LogP contribution is 2.06. The van der Waals surface area contributed by atoms with Crippen molar-refractivity contribution in [2.75, 3.05) is 7.05 Å². The molecule has 1 aromatic heterocycles. The Morgan fingerprint density at radius 3 is 2.25 bits per heavy atom. The predicted octanol–water partition coefficient (Wildman–Crippen LogP) is 1.45. The van der Waals surface area contributed by atoms with Crippen LogP contribution in [0.15, 0.2) is 42.9 Å². The maximum Gasteiger partial charge on any atom is 0.0423 e. The van der Waals surface area contributed by atoms with Crippen molar-refractivity contribution in [3.63, 3.8) is 0 Å². The Bertz CT molecular complexity index is 304. The molecule has 4 heteroatoms. The van der Waals surface area contributed by atoms with E-state index >= 15 is 0 Å². The number of aromatic nitrogens is 1. The zero-order valence-electron chi connectivity index (χ0n) is 10.3. The summed E-state index contributed by atoms with van der Waals surface area (Å²) < 4.78 is 0. The highest BCUT2D eigenvalue weighted by Gasteiger charge is 1.93. The number of allylic oxidation sites excluding steroid dienone is 1. The lowest BCUT2D eigenvalue weighted by Crippen LogP contribution is -2.00. The molecule has 0 fully saturated rings. The van der Waals surface area contributed by atoms with Crippen molar-refractivity contribution in [1.29, 1.82) is 0 Å². The first kappa shape index (κ1) is 16.6. The van der Waals surface area contributed by atoms with E-state index < -0.39 is 0 Å². The van der Waals surface area contributed by atoms with Crippen LogP contribution < -0.4 is 17.2 Å². The minimum Gasteiger partial charge on any atom is -0.399 e. The number of pyridine rings is 1. The van der Waals surface area contributed by atoms with E-state index in [-0.39, 0.29) is 0 Å². The van der Waals surface area contributed by atoms with Crippen LogP contribution >= 0.6 is 0 Å². The fraction of sp³-hybridized carbons (Fsp3) is 0.250. The van der Waals surface area contributed by atoms with Gasteiger partial charge in [-0.3, -0.25) is 4.98 Å². The summed E-state index contributed by atoms with van der Waals surface area (Å²) in [6.07, 6.45) is 4.97. The highest BCUT2D eigenvalue weighted by molar-refractivity contribution is 5.63. The van der Waals surface area contributed by atoms with Gasteiger partial charge in [-0.2, -0.15) is 0 Å². The van der Waals surface area contributed by atoms with Gasteiger partial charge in [-0.1, -0.05) is 20.4 Å². The van der Waals surface area contributed by atoms with Gasteiger partial charge in [0.1, 0.15) is 0 Å². The largest absolute Gasteiger partial charge is 0.399 e. The van der Waals surface area contributed by atoms with E-state index in [1.807, 2.05) is 26.0 Å². The zero-order chi connectivity index (χ0) is 13.0. The lowest BCUT2D eigenvalue weighted by Gasteiger charge is -1.99. The van der Waals surface area contributed by atoms with Crippen molar-refractivity contribution in [1.82, 2.24) is 4.98 Å². The second kappa shape index (κ2) is 11.3. The van der Waals surface area contributed by atoms with Gasteiger partial charge in [0, 0.05) is 29.4 Å². The molecule has 6 N–H and O–H groups in total. The molecule has 0 aliphatic heterocycles. The fourth-order valence-corrected chi connectivity index (χ4v) is 0.817. The first-order valence-electron chi connectivity index (χ1n) is 5.10. The first-order chi connectivity index (χ1) is 7.70. The summed E-state index contributed by atoms with van der Waals surface area (Å²) in [6.45, 7) is 7.52. The van der Waals surface area contributed by atoms with Crippen molar-refractivity contribution in [2.24, 2.45) is 17.2 Å². The molecule has 0 unspecified atom stereocenters. The molecule has 0 saturated carbocycles. The van der Waals surface area contributed by atoms with Crippen LogP contribution in [-0.4, -0.2) is 12.0 Å². The first-order valence-corrected chi connectivity index (χ1v) is 5.10. The highest BCUT2D eigenvalue weighted by atomic mass is 14.7. The molecule has 0 spiro atoms. The quantitative estimate of drug-likeness (QED) is 0.661. The van der Waals surface area contributed by atoms with E-state index in [0.29, 0.717) is 11.4 Å². The number of nitrogens with zero attached hydrogens (tertiary/aromatic N) is 1. The number of hydrogen-bond donors (Lipinski definition) is 3. The van der Waals surface area contributed by atoms with Crippen LogP contribution in [0.4, 0.5) is 0 Å². The smallest absolute Gasteiger partial charge is 0.0423 e. The van der Waals surface area contributed by atoms with Gasteiger partial charge in [-0.25, -0.2) is 0 Å². The van der Waals surface area contributed by atoms with Crippen LogP contribution in [0.2, 0.25) is 0 Å². The third-order valence-corrected chi connectivity index (χ3v) is 1.34. The van der Waals surface area contributed by atoms with Gasteiger partial charge in [0.15, 0.2) is 0 Å². The normalized spacial score (nSPS) is 9.12. The van der Waals surface area contributed by atoms with Crippen LogP contribution in [0.3, 0.4) is 0 Å². The Labute approximate surface area is 97.9 Å². The summed E-state index contributed by atoms with van der Waals surface area (Å²) >= 11 is 0. The molecule has 0 atom stereocenters. The van der Waals surface area contributed by atoms with Crippen molar-refractivity contribution in [2.45, 2.75) is 13.8 Å². The third kappa shape index (κ3) is 7.58. The maximum absolute atomic E-state index is 5.68. The monoisotopic (exact) mass is 222 g/mol. The van der Waals surface area contributed by atoms with Gasteiger partial charge in [-0.05, 0) is 25.3 Å². The average Bonchev–Trinajstić information content (AvgIpc) is 2.34. The number of rotatable bonds is 2. The summed E-state index contributed by atoms with van der Waals surface area (Å²) in [5.41, 5.74) is 17.4. The molecule has 4 nitrogen and oxygen atoms in total. The Morgan fingerprint density at radius 1 is 1.31 bits per heavy atom. The molecule has 0 amide bonds. The van der Waals surface area contributed by atoms with Crippen LogP contribution in [0.5, 0.6) is 0 Å². The second-order valence-electron chi connectivity index (χ2n) is 2.42. The molecule has 1 heterocycles. The van der Waals surface area contributed by atoms with Gasteiger partial charge in [0.2, 0.25) is 0 Å². The van der Waals surface area contributed by atoms with Crippen LogP contribution in [0.1, 0.15) is 19.4 Å². The molecule has 0 saturated heterocycles. The van der Waals surface area contributed by atoms with Crippen molar-refractivity contribution >= 4 is 5.70 Å². The maximum atomic E-state index is 5.68. The molecular formula is C12H22N4. The van der Waals surface area contributed by atoms with Crippen molar-refractivity contribution < 1.29 is 0 Å². The lowest BCUT2D eigenvalue weighted by atomic mass is 10.2. The topological polar surface area (TPSA) is 91.0 Å². The van der Waals surface area contributed by atoms with Gasteiger partial charge < -0.3 is 17.2 Å². The Balaban J connectivity index is 0. The van der Waals surface area contributed by atoms with Gasteiger partial charge in [-0.15, -0.1) is 0 Å². The molecule has 0 aliphatic rings. The average molecular weight is 222 g/mol. The molecule has 1 aromatic rings. The molecule has 90 valence electrons. The van der Waals surface area contributed by atoms with Crippen molar-refractivity contribution in [3.8, 4) is 0 Å². The Hall–Kier alpha value is -1.81. The summed E-state index contributed by atoms with van der Waals surface area (Å²) in [5, 5.41) is 0. The number of hydrogen-bond acceptors (Lipinski definition) is 4. The van der Waals surface area contributed by atoms with Gasteiger partial charge >= 0.3 is 0 Å². The summed E-state index contributed by atoms with van der Waals surface area (Å²) in [6, 6.07) is 3.68. The van der Waals surface area contributed by atoms with E-state index in [4.69, 9.17) is 11.5 Å². The standard InChI is InChI=1S/C9H11N3.C2H6.CH5N/c1-7(10)5-9(11)8-3-2-4-12-6-8;2*1-2/h2-6H,1,10-11H2;1-2H3;2H2,1H3/b9-5-;;. The molecule has 0 aliphatic carbocycles. The minimum atomic E-state index is 0.441. The third-order valence-electron chi connectivity index (χ3n) is 1.34. The minimum absolute atomic E-state index is 0.441. The number of nitrogens with two attached hydrogens (primary N) is 3. The Kier molecular flexibility index (Phi) is 11.7. The second-order valence-corrected chi connectivity index (χ2v) is 2.42. The molecular weight excluding hydrogens is 200 g/mol. The molecule has 0 aromatic carbocycles. The van der Waals surface area contributed by atoms with E-state index in [1.165, 1.54) is 7.05 Å². The SMILES string of the molecule is C=C(N)/C=C(\N)c1cccnc1.CC.CN. The van der Waals surface area contributed by atoms with E-state index in [9.17, 15) is 0 Å². The van der Waals surface area contributed by atoms with E-state index in [0.717, 1.165) is 5.56 Å². The molecule has 1 rings (SSSR count). The predicted molar refractivity (Wildman–Crippen MR) is 71.2 cm³/mol. The summed E-state index contributed by atoms with van der Waals surface area (Å²) in [5.74, 6) is 0. The Morgan fingerprint density at radius 2 is 1.88 bits per heavy atom. The van der Waals surface area contributed by atoms with Gasteiger partial charge in [0.25, 0.3) is 0 Å². The summed E-state index contributed by atoms with van der Waals surface area (Å²) in [7, 11) is 1.50. The van der Waals surface area contributed by atoms with Crippen LogP contribution in [-0.2, 0) is 0 Å². The van der Waals surface area contributed by atoms with Gasteiger partial charge in [0.05, 0.1) is 0 Å². The van der Waals surface area contributed by atoms with Crippen LogP contribution in [0.25, 0.3) is 5.70 Å². The van der Waals surface area contributed by atoms with Crippen molar-refractivity contribution in [3.05, 3.63) is 48.4 Å².